The van der Waals surface area contributed by atoms with Crippen LogP contribution >= 0.6 is 11.8 Å². The van der Waals surface area contributed by atoms with Crippen molar-refractivity contribution in [3.05, 3.63) is 90.6 Å². The van der Waals surface area contributed by atoms with E-state index in [9.17, 15) is 31.5 Å². The first-order chi connectivity index (χ1) is 21.3. The molecule has 1 aliphatic rings. The van der Waals surface area contributed by atoms with Gasteiger partial charge >= 0.3 is 18.1 Å². The maximum absolute atomic E-state index is 15.0. The summed E-state index contributed by atoms with van der Waals surface area (Å²) in [5.41, 5.74) is 0.330. The largest absolute Gasteiger partial charge is 0.458 e. The molecule has 3 heterocycles. The van der Waals surface area contributed by atoms with Gasteiger partial charge in [-0.25, -0.2) is 18.9 Å². The highest BCUT2D eigenvalue weighted by atomic mass is 32.2. The molecule has 0 radical (unpaired) electrons. The summed E-state index contributed by atoms with van der Waals surface area (Å²) in [5.74, 6) is -6.05. The topological polar surface area (TPSA) is 97.4 Å². The smallest absolute Gasteiger partial charge is 0.350 e. The van der Waals surface area contributed by atoms with E-state index in [1.807, 2.05) is 29.9 Å². The Morgan fingerprint density at radius 1 is 1.02 bits per heavy atom. The van der Waals surface area contributed by atoms with Crippen LogP contribution in [0.3, 0.4) is 0 Å². The Hall–Kier alpha value is -5.12. The molecule has 9 nitrogen and oxygen atoms in total. The van der Waals surface area contributed by atoms with Gasteiger partial charge in [-0.3, -0.25) is 9.69 Å². The molecule has 45 heavy (non-hydrogen) atoms. The lowest BCUT2D eigenvalue weighted by molar-refractivity contribution is -0.289. The van der Waals surface area contributed by atoms with E-state index in [1.165, 1.54) is 23.4 Å². The first-order valence-corrected chi connectivity index (χ1v) is 14.0. The molecule has 3 aromatic carbocycles. The van der Waals surface area contributed by atoms with Crippen molar-refractivity contribution in [1.29, 1.82) is 0 Å². The standard InChI is InChI=1S/C29H19F6N7O2S/c1-40-12-11-19-22(40)3-2-4-23(19)42-24(43)14-45-27(42)38-26(44)37-21-10-5-16(13-20(21)30)25-36-15-41(39-25)18-8-6-17(7-9-18)28(31,32)29(33,34)35/h2-13,15H,14H2,1H3,(H,37,44). The van der Waals surface area contributed by atoms with Gasteiger partial charge in [0.2, 0.25) is 5.91 Å². The lowest BCUT2D eigenvalue weighted by Crippen LogP contribution is -2.33. The van der Waals surface area contributed by atoms with E-state index in [0.29, 0.717) is 17.8 Å². The second-order valence-electron chi connectivity index (χ2n) is 9.81. The lowest BCUT2D eigenvalue weighted by Gasteiger charge is -2.19. The number of amides is 3. The number of carbonyl (C=O) groups excluding carboxylic acids is 2. The third-order valence-corrected chi connectivity index (χ3v) is 7.84. The third kappa shape index (κ3) is 5.52. The van der Waals surface area contributed by atoms with Crippen LogP contribution < -0.4 is 10.2 Å². The quantitative estimate of drug-likeness (QED) is 0.211. The number of urea groups is 1. The van der Waals surface area contributed by atoms with E-state index in [-0.39, 0.29) is 39.6 Å². The molecule has 5 aromatic rings. The van der Waals surface area contributed by atoms with E-state index >= 15 is 4.39 Å². The Morgan fingerprint density at radius 2 is 1.78 bits per heavy atom. The number of hydrogen-bond donors (Lipinski definition) is 1. The van der Waals surface area contributed by atoms with Crippen molar-refractivity contribution in [2.24, 2.45) is 12.0 Å². The van der Waals surface area contributed by atoms with Gasteiger partial charge in [0.1, 0.15) is 12.1 Å². The Labute approximate surface area is 254 Å². The van der Waals surface area contributed by atoms with Crippen molar-refractivity contribution < 1.29 is 35.9 Å². The number of amidine groups is 1. The summed E-state index contributed by atoms with van der Waals surface area (Å²) in [6, 6.07) is 13.4. The number of hydrogen-bond acceptors (Lipinski definition) is 5. The maximum atomic E-state index is 15.0. The van der Waals surface area contributed by atoms with Crippen LogP contribution in [0, 0.1) is 5.82 Å². The number of thioether (sulfide) groups is 1. The molecule has 3 amide bonds. The number of fused-ring (bicyclic) bond motifs is 1. The predicted octanol–water partition coefficient (Wildman–Crippen LogP) is 6.89. The Morgan fingerprint density at radius 3 is 2.49 bits per heavy atom. The molecule has 0 unspecified atom stereocenters. The van der Waals surface area contributed by atoms with Gasteiger partial charge in [-0.15, -0.1) is 5.10 Å². The van der Waals surface area contributed by atoms with E-state index < -0.39 is 29.5 Å². The van der Waals surface area contributed by atoms with Gasteiger partial charge in [-0.2, -0.15) is 26.9 Å². The first kappa shape index (κ1) is 29.9. The summed E-state index contributed by atoms with van der Waals surface area (Å²) in [6.07, 6.45) is -2.72. The van der Waals surface area contributed by atoms with Crippen molar-refractivity contribution in [1.82, 2.24) is 19.3 Å². The molecule has 16 heteroatoms. The number of benzene rings is 3. The first-order valence-electron chi connectivity index (χ1n) is 13.0. The fourth-order valence-corrected chi connectivity index (χ4v) is 5.51. The third-order valence-electron chi connectivity index (χ3n) is 6.92. The molecule has 0 bridgehead atoms. The van der Waals surface area contributed by atoms with Crippen LogP contribution in [0.15, 0.2) is 84.2 Å². The minimum absolute atomic E-state index is 0.0170. The molecule has 230 valence electrons. The number of aromatic nitrogens is 4. The van der Waals surface area contributed by atoms with Crippen LogP contribution in [0.5, 0.6) is 0 Å². The average Bonchev–Trinajstić information content (AvgIpc) is 3.73. The molecule has 2 aromatic heterocycles. The highest BCUT2D eigenvalue weighted by molar-refractivity contribution is 8.15. The molecular weight excluding hydrogens is 624 g/mol. The van der Waals surface area contributed by atoms with Gasteiger partial charge in [0.15, 0.2) is 11.0 Å². The summed E-state index contributed by atoms with van der Waals surface area (Å²) in [4.78, 5) is 34.9. The highest BCUT2D eigenvalue weighted by Gasteiger charge is 2.58. The highest BCUT2D eigenvalue weighted by Crippen LogP contribution is 2.44. The predicted molar refractivity (Wildman–Crippen MR) is 156 cm³/mol. The molecule has 0 spiro atoms. The minimum Gasteiger partial charge on any atom is -0.350 e. The van der Waals surface area contributed by atoms with Crippen molar-refractivity contribution in [2.75, 3.05) is 16.0 Å². The molecular formula is C29H19F6N7O2S. The van der Waals surface area contributed by atoms with E-state index in [0.717, 1.165) is 45.5 Å². The van der Waals surface area contributed by atoms with Crippen LogP contribution in [-0.2, 0) is 17.8 Å². The summed E-state index contributed by atoms with van der Waals surface area (Å²) in [6.45, 7) is 0. The molecule has 1 fully saturated rings. The Balaban J connectivity index is 1.18. The van der Waals surface area contributed by atoms with Gasteiger partial charge < -0.3 is 9.88 Å². The van der Waals surface area contributed by atoms with Gasteiger partial charge in [-0.05, 0) is 48.5 Å². The summed E-state index contributed by atoms with van der Waals surface area (Å²) >= 11 is 1.07. The minimum atomic E-state index is -5.75. The van der Waals surface area contributed by atoms with Gasteiger partial charge in [0.05, 0.1) is 22.8 Å². The lowest BCUT2D eigenvalue weighted by atomic mass is 10.1. The molecule has 1 aliphatic heterocycles. The second kappa shape index (κ2) is 11.1. The van der Waals surface area contributed by atoms with Crippen LogP contribution in [0.25, 0.3) is 28.0 Å². The maximum Gasteiger partial charge on any atom is 0.458 e. The number of carbonyl (C=O) groups is 2. The van der Waals surface area contributed by atoms with Gasteiger partial charge in [-0.1, -0.05) is 30.0 Å². The number of aryl methyl sites for hydroxylation is 1. The molecule has 0 aliphatic carbocycles. The molecule has 0 atom stereocenters. The van der Waals surface area contributed by atoms with Crippen molar-refractivity contribution in [2.45, 2.75) is 12.1 Å². The number of aliphatic imine (C=N–C) groups is 1. The van der Waals surface area contributed by atoms with Crippen LogP contribution in [0.1, 0.15) is 5.56 Å². The van der Waals surface area contributed by atoms with Crippen molar-refractivity contribution >= 4 is 51.1 Å². The van der Waals surface area contributed by atoms with Crippen molar-refractivity contribution in [3.63, 3.8) is 0 Å². The molecule has 0 saturated carbocycles. The molecule has 1 saturated heterocycles. The van der Waals surface area contributed by atoms with Gasteiger partial charge in [0, 0.05) is 35.3 Å². The second-order valence-corrected chi connectivity index (χ2v) is 10.7. The van der Waals surface area contributed by atoms with Gasteiger partial charge in [0.25, 0.3) is 0 Å². The van der Waals surface area contributed by atoms with Crippen LogP contribution in [0.2, 0.25) is 0 Å². The Bertz CT molecular complexity index is 1990. The monoisotopic (exact) mass is 643 g/mol. The summed E-state index contributed by atoms with van der Waals surface area (Å²) in [5, 5.41) is 7.42. The zero-order chi connectivity index (χ0) is 32.1. The zero-order valence-electron chi connectivity index (χ0n) is 22.9. The summed E-state index contributed by atoms with van der Waals surface area (Å²) < 4.78 is 83.1. The fourth-order valence-electron chi connectivity index (χ4n) is 4.66. The number of nitrogens with zero attached hydrogens (tertiary/aromatic N) is 6. The fraction of sp³-hybridized carbons (Fsp3) is 0.138. The van der Waals surface area contributed by atoms with E-state index in [4.69, 9.17) is 0 Å². The zero-order valence-corrected chi connectivity index (χ0v) is 23.7. The van der Waals surface area contributed by atoms with Crippen LogP contribution in [0.4, 0.5) is 42.5 Å². The molecule has 1 N–H and O–H groups in total. The number of halogens is 6. The summed E-state index contributed by atoms with van der Waals surface area (Å²) in [7, 11) is 1.87. The number of nitrogens with one attached hydrogen (secondary N) is 1. The van der Waals surface area contributed by atoms with Crippen molar-refractivity contribution in [3.8, 4) is 17.1 Å². The molecule has 6 rings (SSSR count). The normalized spacial score (nSPS) is 15.0. The van der Waals surface area contributed by atoms with Crippen LogP contribution in [-0.4, -0.2) is 48.4 Å². The number of anilines is 2. The SMILES string of the molecule is Cn1ccc2c(N3C(=O)CSC3=NC(=O)Nc3ccc(-c4ncn(-c5ccc(C(F)(F)C(F)(F)F)cc5)n4)cc3F)cccc21. The van der Waals surface area contributed by atoms with E-state index in [2.05, 4.69) is 20.4 Å². The number of rotatable bonds is 5. The number of alkyl halides is 5. The Kier molecular flexibility index (Phi) is 7.39. The van der Waals surface area contributed by atoms with E-state index in [1.54, 1.807) is 12.1 Å². The average molecular weight is 644 g/mol.